The fourth-order valence-corrected chi connectivity index (χ4v) is 1.54. The van der Waals surface area contributed by atoms with Gasteiger partial charge in [-0.15, -0.1) is 0 Å². The lowest BCUT2D eigenvalue weighted by atomic mass is 10.1. The standard InChI is InChI=1S/C14H18O4/c1-10-6-7-12(11(2)15)13(9-10)18-8-4-5-14(16)17-3/h6-7,9H,4-5,8H2,1-3H3. The molecule has 0 spiro atoms. The number of rotatable bonds is 6. The number of ketones is 1. The number of aryl methyl sites for hydroxylation is 1. The number of ether oxygens (including phenoxy) is 2. The van der Waals surface area contributed by atoms with Gasteiger partial charge in [-0.05, 0) is 38.0 Å². The Morgan fingerprint density at radius 1 is 1.28 bits per heavy atom. The highest BCUT2D eigenvalue weighted by atomic mass is 16.5. The van der Waals surface area contributed by atoms with Crippen LogP contribution in [0.4, 0.5) is 0 Å². The van der Waals surface area contributed by atoms with E-state index in [1.54, 1.807) is 6.07 Å². The number of hydrogen-bond acceptors (Lipinski definition) is 4. The van der Waals surface area contributed by atoms with E-state index >= 15 is 0 Å². The summed E-state index contributed by atoms with van der Waals surface area (Å²) in [6, 6.07) is 5.46. The minimum atomic E-state index is -0.255. The van der Waals surface area contributed by atoms with Crippen molar-refractivity contribution < 1.29 is 19.1 Å². The van der Waals surface area contributed by atoms with Crippen LogP contribution in [0.2, 0.25) is 0 Å². The molecule has 18 heavy (non-hydrogen) atoms. The number of methoxy groups -OCH3 is 1. The molecule has 0 fully saturated rings. The average molecular weight is 250 g/mol. The van der Waals surface area contributed by atoms with Crippen molar-refractivity contribution in [3.63, 3.8) is 0 Å². The first-order valence-corrected chi connectivity index (χ1v) is 5.86. The van der Waals surface area contributed by atoms with E-state index in [-0.39, 0.29) is 11.8 Å². The summed E-state index contributed by atoms with van der Waals surface area (Å²) < 4.78 is 10.1. The second-order valence-corrected chi connectivity index (χ2v) is 4.08. The Bertz CT molecular complexity index is 437. The minimum absolute atomic E-state index is 0.0297. The second kappa shape index (κ2) is 6.79. The van der Waals surface area contributed by atoms with E-state index in [1.165, 1.54) is 14.0 Å². The van der Waals surface area contributed by atoms with Gasteiger partial charge in [0.05, 0.1) is 19.3 Å². The molecule has 0 aliphatic heterocycles. The minimum Gasteiger partial charge on any atom is -0.493 e. The van der Waals surface area contributed by atoms with Crippen LogP contribution >= 0.6 is 0 Å². The van der Waals surface area contributed by atoms with Gasteiger partial charge in [0.1, 0.15) is 5.75 Å². The normalized spacial score (nSPS) is 9.94. The molecule has 98 valence electrons. The summed E-state index contributed by atoms with van der Waals surface area (Å²) in [5.41, 5.74) is 1.60. The van der Waals surface area contributed by atoms with E-state index in [2.05, 4.69) is 4.74 Å². The summed E-state index contributed by atoms with van der Waals surface area (Å²) in [5.74, 6) is 0.292. The zero-order chi connectivity index (χ0) is 13.5. The van der Waals surface area contributed by atoms with Gasteiger partial charge in [-0.25, -0.2) is 0 Å². The van der Waals surface area contributed by atoms with E-state index in [0.717, 1.165) is 5.56 Å². The topological polar surface area (TPSA) is 52.6 Å². The molecule has 0 atom stereocenters. The molecule has 0 aliphatic carbocycles. The third kappa shape index (κ3) is 4.20. The number of carbonyl (C=O) groups is 2. The van der Waals surface area contributed by atoms with Crippen molar-refractivity contribution in [3.05, 3.63) is 29.3 Å². The molecule has 0 N–H and O–H groups in total. The number of benzene rings is 1. The number of Topliss-reactive ketones (excluding diaryl/α,β-unsaturated/α-hetero) is 1. The summed E-state index contributed by atoms with van der Waals surface area (Å²) in [6.45, 7) is 3.83. The molecule has 0 unspecified atom stereocenters. The first-order valence-electron chi connectivity index (χ1n) is 5.86. The molecule has 0 aromatic heterocycles. The van der Waals surface area contributed by atoms with E-state index < -0.39 is 0 Å². The molecule has 1 aromatic carbocycles. The van der Waals surface area contributed by atoms with Crippen molar-refractivity contribution in [2.75, 3.05) is 13.7 Å². The maximum absolute atomic E-state index is 11.4. The molecule has 0 aliphatic rings. The fourth-order valence-electron chi connectivity index (χ4n) is 1.54. The zero-order valence-electron chi connectivity index (χ0n) is 11.0. The average Bonchev–Trinajstić information content (AvgIpc) is 2.34. The van der Waals surface area contributed by atoms with Crippen molar-refractivity contribution in [1.29, 1.82) is 0 Å². The highest BCUT2D eigenvalue weighted by Crippen LogP contribution is 2.21. The van der Waals surface area contributed by atoms with Gasteiger partial charge in [0.25, 0.3) is 0 Å². The Kier molecular flexibility index (Phi) is 5.36. The first-order chi connectivity index (χ1) is 8.54. The Labute approximate surface area is 107 Å². The quantitative estimate of drug-likeness (QED) is 0.442. The lowest BCUT2D eigenvalue weighted by Crippen LogP contribution is -2.06. The Hall–Kier alpha value is -1.84. The van der Waals surface area contributed by atoms with E-state index in [4.69, 9.17) is 4.74 Å². The van der Waals surface area contributed by atoms with E-state index in [1.807, 2.05) is 19.1 Å². The number of hydrogen-bond donors (Lipinski definition) is 0. The van der Waals surface area contributed by atoms with Crippen LogP contribution in [-0.2, 0) is 9.53 Å². The molecular weight excluding hydrogens is 232 g/mol. The maximum atomic E-state index is 11.4. The van der Waals surface area contributed by atoms with Gasteiger partial charge in [-0.1, -0.05) is 6.07 Å². The highest BCUT2D eigenvalue weighted by Gasteiger charge is 2.09. The molecule has 1 rings (SSSR count). The van der Waals surface area contributed by atoms with Crippen LogP contribution in [0, 0.1) is 6.92 Å². The lowest BCUT2D eigenvalue weighted by Gasteiger charge is -2.10. The third-order valence-electron chi connectivity index (χ3n) is 2.53. The Morgan fingerprint density at radius 3 is 2.61 bits per heavy atom. The highest BCUT2D eigenvalue weighted by molar-refractivity contribution is 5.96. The van der Waals surface area contributed by atoms with Crippen LogP contribution in [0.25, 0.3) is 0 Å². The molecule has 0 heterocycles. The van der Waals surface area contributed by atoms with E-state index in [0.29, 0.717) is 30.8 Å². The summed E-state index contributed by atoms with van der Waals surface area (Å²) in [4.78, 5) is 22.3. The van der Waals surface area contributed by atoms with Gasteiger partial charge in [0.2, 0.25) is 0 Å². The van der Waals surface area contributed by atoms with Crippen LogP contribution in [0.3, 0.4) is 0 Å². The van der Waals surface area contributed by atoms with Crippen LogP contribution in [0.1, 0.15) is 35.7 Å². The summed E-state index contributed by atoms with van der Waals surface area (Å²) in [7, 11) is 1.36. The molecule has 0 saturated heterocycles. The lowest BCUT2D eigenvalue weighted by molar-refractivity contribution is -0.140. The van der Waals surface area contributed by atoms with Gasteiger partial charge < -0.3 is 9.47 Å². The zero-order valence-corrected chi connectivity index (χ0v) is 11.0. The summed E-state index contributed by atoms with van der Waals surface area (Å²) in [5, 5.41) is 0. The molecule has 4 nitrogen and oxygen atoms in total. The van der Waals surface area contributed by atoms with Gasteiger partial charge >= 0.3 is 5.97 Å². The second-order valence-electron chi connectivity index (χ2n) is 4.08. The molecule has 1 aromatic rings. The Balaban J connectivity index is 2.58. The molecule has 0 radical (unpaired) electrons. The summed E-state index contributed by atoms with van der Waals surface area (Å²) >= 11 is 0. The maximum Gasteiger partial charge on any atom is 0.305 e. The van der Waals surface area contributed by atoms with Crippen LogP contribution in [0.15, 0.2) is 18.2 Å². The van der Waals surface area contributed by atoms with Gasteiger partial charge in [-0.2, -0.15) is 0 Å². The van der Waals surface area contributed by atoms with Gasteiger partial charge in [0.15, 0.2) is 5.78 Å². The molecule has 0 bridgehead atoms. The van der Waals surface area contributed by atoms with Crippen LogP contribution in [0.5, 0.6) is 5.75 Å². The van der Waals surface area contributed by atoms with Gasteiger partial charge in [-0.3, -0.25) is 9.59 Å². The van der Waals surface area contributed by atoms with Crippen molar-refractivity contribution in [2.45, 2.75) is 26.7 Å². The Morgan fingerprint density at radius 2 is 2.00 bits per heavy atom. The molecule has 0 saturated carbocycles. The smallest absolute Gasteiger partial charge is 0.305 e. The van der Waals surface area contributed by atoms with Crippen molar-refractivity contribution in [1.82, 2.24) is 0 Å². The molecule has 4 heteroatoms. The van der Waals surface area contributed by atoms with Gasteiger partial charge in [0, 0.05) is 6.42 Å². The van der Waals surface area contributed by atoms with E-state index in [9.17, 15) is 9.59 Å². The SMILES string of the molecule is COC(=O)CCCOc1cc(C)ccc1C(C)=O. The predicted octanol–water partition coefficient (Wildman–Crippen LogP) is 2.53. The largest absolute Gasteiger partial charge is 0.493 e. The van der Waals surface area contributed by atoms with Crippen molar-refractivity contribution >= 4 is 11.8 Å². The van der Waals surface area contributed by atoms with Crippen LogP contribution < -0.4 is 4.74 Å². The fraction of sp³-hybridized carbons (Fsp3) is 0.429. The predicted molar refractivity (Wildman–Crippen MR) is 67.9 cm³/mol. The van der Waals surface area contributed by atoms with Crippen molar-refractivity contribution in [3.8, 4) is 5.75 Å². The monoisotopic (exact) mass is 250 g/mol. The first kappa shape index (κ1) is 14.2. The number of carbonyl (C=O) groups excluding carboxylic acids is 2. The summed E-state index contributed by atoms with van der Waals surface area (Å²) in [6.07, 6.45) is 0.885. The third-order valence-corrected chi connectivity index (χ3v) is 2.53. The van der Waals surface area contributed by atoms with Crippen LogP contribution in [-0.4, -0.2) is 25.5 Å². The van der Waals surface area contributed by atoms with Crippen molar-refractivity contribution in [2.24, 2.45) is 0 Å². The molecular formula is C14H18O4. The molecule has 0 amide bonds. The number of esters is 1.